The molecule has 2 nitrogen and oxygen atoms in total. The van der Waals surface area contributed by atoms with Crippen LogP contribution in [0.1, 0.15) is 11.1 Å². The SMILES string of the molecule is NCc1cc(F)cc(CS(=O)c2cccc(Br)c2)c1. The summed E-state index contributed by atoms with van der Waals surface area (Å²) in [5.41, 5.74) is 6.90. The van der Waals surface area contributed by atoms with E-state index in [1.165, 1.54) is 12.1 Å². The first-order valence-electron chi connectivity index (χ1n) is 5.71. The Balaban J connectivity index is 2.21. The topological polar surface area (TPSA) is 43.1 Å². The molecule has 19 heavy (non-hydrogen) atoms. The molecule has 1 atom stereocenters. The second-order valence-corrected chi connectivity index (χ2v) is 6.49. The Kier molecular flexibility index (Phi) is 4.85. The second kappa shape index (κ2) is 6.41. The molecule has 0 saturated heterocycles. The minimum absolute atomic E-state index is 0.272. The van der Waals surface area contributed by atoms with E-state index in [1.54, 1.807) is 18.2 Å². The number of rotatable bonds is 4. The van der Waals surface area contributed by atoms with Crippen molar-refractivity contribution < 1.29 is 8.60 Å². The van der Waals surface area contributed by atoms with Crippen LogP contribution in [0.3, 0.4) is 0 Å². The Bertz CT molecular complexity index is 618. The summed E-state index contributed by atoms with van der Waals surface area (Å²) in [5.74, 6) is -0.0644. The Morgan fingerprint density at radius 2 is 1.89 bits per heavy atom. The van der Waals surface area contributed by atoms with Crippen LogP contribution >= 0.6 is 15.9 Å². The fourth-order valence-electron chi connectivity index (χ4n) is 1.76. The third-order valence-electron chi connectivity index (χ3n) is 2.61. The molecule has 2 N–H and O–H groups in total. The Morgan fingerprint density at radius 3 is 2.58 bits per heavy atom. The van der Waals surface area contributed by atoms with E-state index in [1.807, 2.05) is 12.1 Å². The maximum Gasteiger partial charge on any atom is 0.123 e. The van der Waals surface area contributed by atoms with Crippen molar-refractivity contribution in [2.45, 2.75) is 17.2 Å². The molecular weight excluding hydrogens is 329 g/mol. The van der Waals surface area contributed by atoms with Crippen molar-refractivity contribution in [3.05, 3.63) is 63.9 Å². The molecule has 2 rings (SSSR count). The first-order chi connectivity index (χ1) is 9.08. The molecular formula is C14H13BrFNOS. The van der Waals surface area contributed by atoms with Gasteiger partial charge < -0.3 is 5.73 Å². The quantitative estimate of drug-likeness (QED) is 0.926. The summed E-state index contributed by atoms with van der Waals surface area (Å²) < 4.78 is 26.5. The molecule has 100 valence electrons. The highest BCUT2D eigenvalue weighted by atomic mass is 79.9. The van der Waals surface area contributed by atoms with Crippen LogP contribution in [-0.2, 0) is 23.1 Å². The third kappa shape index (κ3) is 3.96. The van der Waals surface area contributed by atoms with Gasteiger partial charge in [-0.15, -0.1) is 0 Å². The smallest absolute Gasteiger partial charge is 0.123 e. The van der Waals surface area contributed by atoms with Crippen molar-refractivity contribution in [3.63, 3.8) is 0 Å². The van der Waals surface area contributed by atoms with Gasteiger partial charge in [0.25, 0.3) is 0 Å². The van der Waals surface area contributed by atoms with Gasteiger partial charge >= 0.3 is 0 Å². The summed E-state index contributed by atoms with van der Waals surface area (Å²) in [5, 5.41) is 0. The predicted octanol–water partition coefficient (Wildman–Crippen LogP) is 3.35. The standard InChI is InChI=1S/C14H13BrFNOS/c15-12-2-1-3-14(7-12)19(18)9-11-4-10(8-17)5-13(16)6-11/h1-7H,8-9,17H2. The molecule has 2 aromatic carbocycles. The summed E-state index contributed by atoms with van der Waals surface area (Å²) in [6.07, 6.45) is 0. The molecule has 5 heteroatoms. The zero-order valence-electron chi connectivity index (χ0n) is 10.1. The largest absolute Gasteiger partial charge is 0.326 e. The average Bonchev–Trinajstić information content (AvgIpc) is 2.38. The van der Waals surface area contributed by atoms with Crippen molar-refractivity contribution in [3.8, 4) is 0 Å². The molecule has 1 unspecified atom stereocenters. The summed E-state index contributed by atoms with van der Waals surface area (Å²) in [7, 11) is -1.20. The Hall–Kier alpha value is -1.04. The van der Waals surface area contributed by atoms with Gasteiger partial charge in [-0.05, 0) is 41.5 Å². The molecule has 0 radical (unpaired) electrons. The van der Waals surface area contributed by atoms with E-state index in [0.29, 0.717) is 16.0 Å². The van der Waals surface area contributed by atoms with Crippen LogP contribution in [-0.4, -0.2) is 4.21 Å². The highest BCUT2D eigenvalue weighted by Crippen LogP contribution is 2.18. The first kappa shape index (κ1) is 14.4. The van der Waals surface area contributed by atoms with Crippen LogP contribution in [0.15, 0.2) is 51.8 Å². The predicted molar refractivity (Wildman–Crippen MR) is 78.5 cm³/mol. The van der Waals surface area contributed by atoms with Gasteiger partial charge in [-0.3, -0.25) is 4.21 Å². The zero-order valence-corrected chi connectivity index (χ0v) is 12.5. The van der Waals surface area contributed by atoms with Crippen LogP contribution in [0, 0.1) is 5.82 Å². The zero-order chi connectivity index (χ0) is 13.8. The normalized spacial score (nSPS) is 12.4. The van der Waals surface area contributed by atoms with Gasteiger partial charge in [-0.25, -0.2) is 4.39 Å². The highest BCUT2D eigenvalue weighted by Gasteiger charge is 2.07. The van der Waals surface area contributed by atoms with Gasteiger partial charge in [0.05, 0.1) is 16.6 Å². The number of hydrogen-bond acceptors (Lipinski definition) is 2. The Morgan fingerprint density at radius 1 is 1.16 bits per heavy atom. The van der Waals surface area contributed by atoms with Gasteiger partial charge in [0.2, 0.25) is 0 Å². The van der Waals surface area contributed by atoms with Crippen molar-refractivity contribution in [1.82, 2.24) is 0 Å². The number of benzene rings is 2. The molecule has 0 aliphatic rings. The molecule has 0 spiro atoms. The molecule has 2 aromatic rings. The van der Waals surface area contributed by atoms with E-state index >= 15 is 0 Å². The second-order valence-electron chi connectivity index (χ2n) is 4.12. The van der Waals surface area contributed by atoms with E-state index in [-0.39, 0.29) is 18.1 Å². The number of halogens is 2. The van der Waals surface area contributed by atoms with Crippen molar-refractivity contribution in [2.75, 3.05) is 0 Å². The van der Waals surface area contributed by atoms with Crippen LogP contribution in [0.4, 0.5) is 4.39 Å². The fraction of sp³-hybridized carbons (Fsp3) is 0.143. The van der Waals surface area contributed by atoms with E-state index < -0.39 is 10.8 Å². The van der Waals surface area contributed by atoms with E-state index in [9.17, 15) is 8.60 Å². The van der Waals surface area contributed by atoms with Crippen molar-refractivity contribution in [2.24, 2.45) is 5.73 Å². The average molecular weight is 342 g/mol. The molecule has 0 heterocycles. The van der Waals surface area contributed by atoms with E-state index in [0.717, 1.165) is 4.47 Å². The molecule has 0 aromatic heterocycles. The van der Waals surface area contributed by atoms with E-state index in [2.05, 4.69) is 15.9 Å². The monoisotopic (exact) mass is 341 g/mol. The number of nitrogens with two attached hydrogens (primary N) is 1. The van der Waals surface area contributed by atoms with Crippen LogP contribution in [0.25, 0.3) is 0 Å². The van der Waals surface area contributed by atoms with Gasteiger partial charge in [0.1, 0.15) is 5.82 Å². The summed E-state index contributed by atoms with van der Waals surface area (Å²) >= 11 is 3.34. The molecule has 0 aliphatic carbocycles. The van der Waals surface area contributed by atoms with Crippen LogP contribution in [0.2, 0.25) is 0 Å². The molecule has 0 amide bonds. The highest BCUT2D eigenvalue weighted by molar-refractivity contribution is 9.10. The van der Waals surface area contributed by atoms with Crippen molar-refractivity contribution >= 4 is 26.7 Å². The molecule has 0 fully saturated rings. The molecule has 0 bridgehead atoms. The van der Waals surface area contributed by atoms with Crippen LogP contribution in [0.5, 0.6) is 0 Å². The van der Waals surface area contributed by atoms with Gasteiger partial charge in [0, 0.05) is 15.9 Å². The Labute approximate surface area is 122 Å². The van der Waals surface area contributed by atoms with Gasteiger partial charge in [0.15, 0.2) is 0 Å². The van der Waals surface area contributed by atoms with Gasteiger partial charge in [-0.1, -0.05) is 28.1 Å². The maximum atomic E-state index is 13.4. The first-order valence-corrected chi connectivity index (χ1v) is 7.82. The minimum atomic E-state index is -1.20. The van der Waals surface area contributed by atoms with Crippen LogP contribution < -0.4 is 5.73 Å². The summed E-state index contributed by atoms with van der Waals surface area (Å²) in [6.45, 7) is 0.272. The van der Waals surface area contributed by atoms with Crippen molar-refractivity contribution in [1.29, 1.82) is 0 Å². The summed E-state index contributed by atoms with van der Waals surface area (Å²) in [4.78, 5) is 0.716. The third-order valence-corrected chi connectivity index (χ3v) is 4.48. The summed E-state index contributed by atoms with van der Waals surface area (Å²) in [6, 6.07) is 11.9. The lowest BCUT2D eigenvalue weighted by Crippen LogP contribution is -2.01. The maximum absolute atomic E-state index is 13.4. The lowest BCUT2D eigenvalue weighted by atomic mass is 10.1. The lowest BCUT2D eigenvalue weighted by Gasteiger charge is -2.06. The molecule has 0 aliphatic heterocycles. The molecule has 0 saturated carbocycles. The van der Waals surface area contributed by atoms with E-state index in [4.69, 9.17) is 5.73 Å². The number of hydrogen-bond donors (Lipinski definition) is 1. The fourth-order valence-corrected chi connectivity index (χ4v) is 3.44. The van der Waals surface area contributed by atoms with Gasteiger partial charge in [-0.2, -0.15) is 0 Å². The lowest BCUT2D eigenvalue weighted by molar-refractivity contribution is 0.623. The minimum Gasteiger partial charge on any atom is -0.326 e.